The Kier molecular flexibility index (Phi) is 12.6. The van der Waals surface area contributed by atoms with E-state index in [1.54, 1.807) is 60.6 Å². The number of piperidine rings is 2. The second-order valence-electron chi connectivity index (χ2n) is 21.5. The number of nitrogens with zero attached hydrogens (tertiary/aromatic N) is 10. The fourth-order valence-electron chi connectivity index (χ4n) is 12.2. The van der Waals surface area contributed by atoms with Gasteiger partial charge in [-0.15, -0.1) is 0 Å². The predicted octanol–water partition coefficient (Wildman–Crippen LogP) is 5.29. The van der Waals surface area contributed by atoms with Crippen molar-refractivity contribution in [3.8, 4) is 17.0 Å². The van der Waals surface area contributed by atoms with Crippen LogP contribution in [-0.2, 0) is 38.1 Å². The maximum Gasteiger partial charge on any atom is 0.471 e. The Morgan fingerprint density at radius 3 is 2.36 bits per heavy atom. The van der Waals surface area contributed by atoms with Gasteiger partial charge >= 0.3 is 7.82 Å². The highest BCUT2D eigenvalue weighted by Crippen LogP contribution is 2.43. The van der Waals surface area contributed by atoms with Crippen molar-refractivity contribution in [2.45, 2.75) is 97.0 Å². The zero-order valence-corrected chi connectivity index (χ0v) is 44.0. The van der Waals surface area contributed by atoms with Crippen LogP contribution in [0.4, 0.5) is 28.7 Å². The van der Waals surface area contributed by atoms with E-state index in [4.69, 9.17) is 23.6 Å². The minimum atomic E-state index is -5.02. The number of hydrogen-bond donors (Lipinski definition) is 4. The Balaban J connectivity index is 0.728. The molecule has 22 nitrogen and oxygen atoms in total. The van der Waals surface area contributed by atoms with E-state index in [1.807, 2.05) is 12.1 Å². The van der Waals surface area contributed by atoms with Crippen LogP contribution in [0.3, 0.4) is 0 Å². The quantitative estimate of drug-likeness (QED) is 0.0863. The van der Waals surface area contributed by atoms with E-state index in [0.717, 1.165) is 61.6 Å². The number of piperazine rings is 1. The van der Waals surface area contributed by atoms with Crippen LogP contribution in [0, 0.1) is 5.41 Å². The molecule has 1 aliphatic carbocycles. The van der Waals surface area contributed by atoms with Gasteiger partial charge in [-0.3, -0.25) is 48.1 Å². The first-order chi connectivity index (χ1) is 37.9. The number of imide groups is 2. The van der Waals surface area contributed by atoms with Gasteiger partial charge in [0.2, 0.25) is 11.8 Å². The number of phosphoric acid groups is 1. The smallest absolute Gasteiger partial charge is 0.471 e. The molecule has 5 aromatic rings. The van der Waals surface area contributed by atoms with Crippen molar-refractivity contribution in [3.05, 3.63) is 101 Å². The van der Waals surface area contributed by atoms with E-state index < -0.39 is 57.4 Å². The number of nitrogens with one attached hydrogen (secondary N) is 1. The number of phosphoric ester groups is 1. The number of hydrogen-bond acceptors (Lipinski definition) is 16. The third-order valence-electron chi connectivity index (χ3n) is 15.9. The minimum Gasteiger partial charge on any atom is -0.480 e. The summed E-state index contributed by atoms with van der Waals surface area (Å²) in [5, 5.41) is 14.6. The van der Waals surface area contributed by atoms with Gasteiger partial charge in [-0.2, -0.15) is 0 Å². The molecule has 0 bridgehead atoms. The van der Waals surface area contributed by atoms with Crippen LogP contribution in [0.25, 0.3) is 11.1 Å². The number of likely N-dealkylation sites (tertiary alicyclic amines) is 1. The number of carbonyl (C=O) groups excluding carboxylic acids is 5. The largest absolute Gasteiger partial charge is 0.480 e. The lowest BCUT2D eigenvalue weighted by molar-refractivity contribution is -0.155. The third kappa shape index (κ3) is 9.75. The van der Waals surface area contributed by atoms with Crippen LogP contribution in [0.2, 0.25) is 0 Å². The van der Waals surface area contributed by atoms with Gasteiger partial charge in [-0.25, -0.2) is 19.5 Å². The van der Waals surface area contributed by atoms with Crippen LogP contribution in [0.5, 0.6) is 5.88 Å². The Bertz CT molecular complexity index is 3380. The molecule has 5 aliphatic heterocycles. The number of pyridine rings is 3. The summed E-state index contributed by atoms with van der Waals surface area (Å²) in [5.41, 5.74) is 6.75. The molecule has 9 heterocycles. The van der Waals surface area contributed by atoms with Gasteiger partial charge in [0, 0.05) is 99.2 Å². The second kappa shape index (κ2) is 20.1. The van der Waals surface area contributed by atoms with E-state index in [0.29, 0.717) is 71.1 Å². The molecule has 0 radical (unpaired) electrons. The molecule has 77 heavy (non-hydrogen) atoms. The standard InChI is InChI=1S/C54H62N11O11P/c1-31-29-60(35-13-16-59(17-14-35)36-6-8-39-40(24-36)51(69)65(50(39)68)42-9-11-46(67)64(52(42)70)30-76-77(72,73)74)18-19-61(31)37-7-10-45(56-28-37)58-41-22-34(27-57-49(41)75-5)38-12-15-55-48(47(38)32(2)66)63-21-20-62-43(53(63)71)23-33-25-54(3,4)26-44(33)62/h6-8,10,12,15,22-24,27-28,31-32,35,42,66H,9,11,13-14,16-21,25-26,29-30H2,1-5H3,(H,56,58)(H2,72,73,74)/t31-,32-,42-/m0/s1/i5D3. The molecule has 3 atom stereocenters. The molecule has 11 rings (SSSR count). The minimum absolute atomic E-state index is 0.123. The number of benzene rings is 1. The second-order valence-corrected chi connectivity index (χ2v) is 22.8. The van der Waals surface area contributed by atoms with Gasteiger partial charge < -0.3 is 39.3 Å². The predicted molar refractivity (Wildman–Crippen MR) is 283 cm³/mol. The average Bonchev–Trinajstić information content (AvgIpc) is 4.14. The van der Waals surface area contributed by atoms with E-state index in [9.17, 15) is 33.6 Å². The van der Waals surface area contributed by atoms with E-state index in [1.165, 1.54) is 17.5 Å². The summed E-state index contributed by atoms with van der Waals surface area (Å²) in [6, 6.07) is 13.2. The summed E-state index contributed by atoms with van der Waals surface area (Å²) in [7, 11) is -7.84. The average molecular weight is 1080 g/mol. The van der Waals surface area contributed by atoms with E-state index in [-0.39, 0.29) is 52.9 Å². The van der Waals surface area contributed by atoms with Crippen molar-refractivity contribution in [1.82, 2.24) is 34.2 Å². The molecule has 0 unspecified atom stereocenters. The molecule has 6 aliphatic rings. The van der Waals surface area contributed by atoms with Crippen molar-refractivity contribution in [1.29, 1.82) is 0 Å². The Hall–Kier alpha value is -7.07. The van der Waals surface area contributed by atoms with E-state index >= 15 is 0 Å². The number of fused-ring (bicyclic) bond motifs is 4. The van der Waals surface area contributed by atoms with Gasteiger partial charge in [0.05, 0.1) is 40.3 Å². The molecule has 1 aromatic carbocycles. The highest BCUT2D eigenvalue weighted by molar-refractivity contribution is 7.46. The van der Waals surface area contributed by atoms with Crippen molar-refractivity contribution >= 4 is 66.1 Å². The van der Waals surface area contributed by atoms with Crippen LogP contribution < -0.4 is 24.8 Å². The molecule has 3 fully saturated rings. The Labute approximate surface area is 449 Å². The van der Waals surface area contributed by atoms with Crippen molar-refractivity contribution in [2.24, 2.45) is 5.41 Å². The van der Waals surface area contributed by atoms with Crippen LogP contribution in [-0.4, -0.2) is 150 Å². The molecule has 23 heteroatoms. The van der Waals surface area contributed by atoms with Gasteiger partial charge in [0.1, 0.15) is 35.8 Å². The summed E-state index contributed by atoms with van der Waals surface area (Å²) in [5.74, 6) is -2.71. The molecule has 0 saturated carbocycles. The molecular weight excluding hydrogens is 1010 g/mol. The number of rotatable bonds is 13. The number of amides is 5. The lowest BCUT2D eigenvalue weighted by Crippen LogP contribution is -2.57. The Morgan fingerprint density at radius 1 is 0.857 bits per heavy atom. The SMILES string of the molecule is [2H]C([2H])([2H])Oc1ncc(-c2ccnc(N3CCn4c(cc5c4CC(C)(C)C5)C3=O)c2[C@H](C)O)cc1Nc1ccc(N2CCN(C3CCN(c4ccc5c(c4)C(=O)N([C@H]4CCC(=O)N(COP(=O)(O)O)C4=O)C5=O)CC3)C[C@@H]2C)cn1. The number of aliphatic hydroxyl groups is 1. The molecule has 4 aromatic heterocycles. The van der Waals surface area contributed by atoms with Crippen LogP contribution >= 0.6 is 7.82 Å². The van der Waals surface area contributed by atoms with Crippen LogP contribution in [0.1, 0.15) is 112 Å². The first-order valence-corrected chi connectivity index (χ1v) is 27.4. The molecular formula is C54H62N11O11P. The first kappa shape index (κ1) is 48.3. The van der Waals surface area contributed by atoms with Gasteiger partial charge in [0.25, 0.3) is 23.6 Å². The highest BCUT2D eigenvalue weighted by Gasteiger charge is 2.48. The summed E-state index contributed by atoms with van der Waals surface area (Å²) in [4.78, 5) is 109. The number of aromatic nitrogens is 4. The number of ether oxygens (including phenoxy) is 1. The lowest BCUT2D eigenvalue weighted by Gasteiger charge is -2.46. The van der Waals surface area contributed by atoms with Gasteiger partial charge in [0.15, 0.2) is 0 Å². The van der Waals surface area contributed by atoms with Gasteiger partial charge in [-0.1, -0.05) is 13.8 Å². The fraction of sp³-hybridized carbons (Fsp3) is 0.444. The monoisotopic (exact) mass is 1070 g/mol. The lowest BCUT2D eigenvalue weighted by atomic mass is 9.90. The zero-order chi connectivity index (χ0) is 56.7. The maximum absolute atomic E-state index is 14.2. The van der Waals surface area contributed by atoms with Crippen molar-refractivity contribution < 1.29 is 56.8 Å². The number of carbonyl (C=O) groups is 5. The summed E-state index contributed by atoms with van der Waals surface area (Å²) >= 11 is 0. The number of anilines is 5. The van der Waals surface area contributed by atoms with Crippen LogP contribution in [0.15, 0.2) is 67.1 Å². The summed E-state index contributed by atoms with van der Waals surface area (Å²) in [6.45, 7) is 11.9. The Morgan fingerprint density at radius 2 is 1.64 bits per heavy atom. The molecule has 5 amide bonds. The third-order valence-corrected chi connectivity index (χ3v) is 16.4. The normalized spacial score (nSPS) is 22.2. The molecule has 4 N–H and O–H groups in total. The molecule has 404 valence electrons. The first-order valence-electron chi connectivity index (χ1n) is 27.4. The van der Waals surface area contributed by atoms with Crippen molar-refractivity contribution in [2.75, 3.05) is 73.1 Å². The topological polar surface area (TPSA) is 257 Å². The van der Waals surface area contributed by atoms with Crippen molar-refractivity contribution in [3.63, 3.8) is 0 Å². The maximum atomic E-state index is 14.2. The summed E-state index contributed by atoms with van der Waals surface area (Å²) in [6.07, 6.45) is 6.90. The van der Waals surface area contributed by atoms with Gasteiger partial charge in [-0.05, 0) is 111 Å². The summed E-state index contributed by atoms with van der Waals surface area (Å²) < 4.78 is 46.8. The number of methoxy groups -OCH3 is 1. The molecule has 0 spiro atoms. The van der Waals surface area contributed by atoms with E-state index in [2.05, 4.69) is 59.8 Å². The number of aliphatic hydroxyl groups excluding tert-OH is 1. The molecule has 3 saturated heterocycles. The fourth-order valence-corrected chi connectivity index (χ4v) is 12.5. The zero-order valence-electron chi connectivity index (χ0n) is 46.1. The highest BCUT2D eigenvalue weighted by atomic mass is 31.2.